The summed E-state index contributed by atoms with van der Waals surface area (Å²) >= 11 is 0. The Labute approximate surface area is 110 Å². The molecule has 1 saturated heterocycles. The van der Waals surface area contributed by atoms with Gasteiger partial charge in [-0.1, -0.05) is 31.0 Å². The second-order valence-electron chi connectivity index (χ2n) is 5.77. The summed E-state index contributed by atoms with van der Waals surface area (Å²) in [5, 5.41) is 7.49. The van der Waals surface area contributed by atoms with Gasteiger partial charge in [0.1, 0.15) is 0 Å². The summed E-state index contributed by atoms with van der Waals surface area (Å²) in [6.07, 6.45) is 8.25. The predicted octanol–water partition coefficient (Wildman–Crippen LogP) is 3.41. The first-order chi connectivity index (χ1) is 8.93. The molecule has 3 rings (SSSR count). The Morgan fingerprint density at radius 2 is 1.83 bits per heavy atom. The van der Waals surface area contributed by atoms with Crippen LogP contribution in [0.4, 0.5) is 5.69 Å². The first-order valence-electron chi connectivity index (χ1n) is 7.48. The highest BCUT2D eigenvalue weighted by Crippen LogP contribution is 2.33. The van der Waals surface area contributed by atoms with Gasteiger partial charge in [0.25, 0.3) is 0 Å². The molecule has 0 radical (unpaired) electrons. The monoisotopic (exact) mass is 244 g/mol. The first kappa shape index (κ1) is 12.0. The fraction of sp³-hybridized carbons (Fsp3) is 0.625. The number of rotatable bonds is 3. The van der Waals surface area contributed by atoms with E-state index in [-0.39, 0.29) is 0 Å². The lowest BCUT2D eigenvalue weighted by Gasteiger charge is -2.33. The standard InChI is InChI=1S/C16H24N2/c1-2-7-13(8-3-1)18-16-11-6-9-14(16)15-10-4-5-12-17-15/h1-3,7-8,14-18H,4-6,9-12H2. The summed E-state index contributed by atoms with van der Waals surface area (Å²) in [7, 11) is 0. The van der Waals surface area contributed by atoms with Crippen LogP contribution >= 0.6 is 0 Å². The van der Waals surface area contributed by atoms with Gasteiger partial charge in [-0.2, -0.15) is 0 Å². The van der Waals surface area contributed by atoms with E-state index < -0.39 is 0 Å². The molecule has 3 unspecified atom stereocenters. The fourth-order valence-corrected chi connectivity index (χ4v) is 3.64. The first-order valence-corrected chi connectivity index (χ1v) is 7.48. The summed E-state index contributed by atoms with van der Waals surface area (Å²) in [5.74, 6) is 0.825. The van der Waals surface area contributed by atoms with Crippen molar-refractivity contribution >= 4 is 5.69 Å². The molecule has 1 aliphatic heterocycles. The molecule has 1 heterocycles. The summed E-state index contributed by atoms with van der Waals surface area (Å²) in [5.41, 5.74) is 1.28. The fourth-order valence-electron chi connectivity index (χ4n) is 3.64. The zero-order valence-corrected chi connectivity index (χ0v) is 11.1. The zero-order valence-electron chi connectivity index (χ0n) is 11.1. The predicted molar refractivity (Wildman–Crippen MR) is 76.8 cm³/mol. The van der Waals surface area contributed by atoms with Crippen LogP contribution < -0.4 is 10.6 Å². The molecule has 2 nitrogen and oxygen atoms in total. The molecule has 3 atom stereocenters. The molecule has 0 spiro atoms. The second-order valence-corrected chi connectivity index (χ2v) is 5.77. The van der Waals surface area contributed by atoms with Crippen molar-refractivity contribution in [2.24, 2.45) is 5.92 Å². The SMILES string of the molecule is c1ccc(NC2CCCC2C2CCCCN2)cc1. The Kier molecular flexibility index (Phi) is 3.84. The van der Waals surface area contributed by atoms with Gasteiger partial charge in [0.15, 0.2) is 0 Å². The Morgan fingerprint density at radius 1 is 0.944 bits per heavy atom. The van der Waals surface area contributed by atoms with E-state index in [1.165, 1.54) is 50.8 Å². The van der Waals surface area contributed by atoms with Crippen LogP contribution in [0.3, 0.4) is 0 Å². The van der Waals surface area contributed by atoms with Crippen LogP contribution in [0, 0.1) is 5.92 Å². The van der Waals surface area contributed by atoms with E-state index in [2.05, 4.69) is 41.0 Å². The van der Waals surface area contributed by atoms with E-state index in [1.54, 1.807) is 0 Å². The molecular weight excluding hydrogens is 220 g/mol. The quantitative estimate of drug-likeness (QED) is 0.851. The van der Waals surface area contributed by atoms with Crippen molar-refractivity contribution in [1.29, 1.82) is 0 Å². The molecule has 0 amide bonds. The van der Waals surface area contributed by atoms with Gasteiger partial charge >= 0.3 is 0 Å². The highest BCUT2D eigenvalue weighted by Gasteiger charge is 2.33. The summed E-state index contributed by atoms with van der Waals surface area (Å²) in [6.45, 7) is 1.22. The Balaban J connectivity index is 1.63. The van der Waals surface area contributed by atoms with E-state index in [9.17, 15) is 0 Å². The second kappa shape index (κ2) is 5.75. The van der Waals surface area contributed by atoms with Crippen molar-refractivity contribution < 1.29 is 0 Å². The highest BCUT2D eigenvalue weighted by atomic mass is 15.0. The van der Waals surface area contributed by atoms with E-state index >= 15 is 0 Å². The lowest BCUT2D eigenvalue weighted by molar-refractivity contribution is 0.286. The van der Waals surface area contributed by atoms with Crippen LogP contribution in [0.15, 0.2) is 30.3 Å². The van der Waals surface area contributed by atoms with Gasteiger partial charge in [-0.25, -0.2) is 0 Å². The van der Waals surface area contributed by atoms with Crippen LogP contribution in [0.5, 0.6) is 0 Å². The minimum absolute atomic E-state index is 0.669. The van der Waals surface area contributed by atoms with E-state index in [0.717, 1.165) is 12.0 Å². The minimum atomic E-state index is 0.669. The van der Waals surface area contributed by atoms with Crippen molar-refractivity contribution in [3.8, 4) is 0 Å². The van der Waals surface area contributed by atoms with Gasteiger partial charge in [0.2, 0.25) is 0 Å². The molecule has 1 saturated carbocycles. The minimum Gasteiger partial charge on any atom is -0.382 e. The largest absolute Gasteiger partial charge is 0.382 e. The Morgan fingerprint density at radius 3 is 2.61 bits per heavy atom. The maximum atomic E-state index is 3.75. The summed E-state index contributed by atoms with van der Waals surface area (Å²) in [6, 6.07) is 12.1. The van der Waals surface area contributed by atoms with Crippen molar-refractivity contribution in [3.63, 3.8) is 0 Å². The van der Waals surface area contributed by atoms with Gasteiger partial charge in [-0.15, -0.1) is 0 Å². The maximum absolute atomic E-state index is 3.75. The molecule has 1 aliphatic carbocycles. The molecule has 2 fully saturated rings. The number of para-hydroxylation sites is 1. The van der Waals surface area contributed by atoms with Crippen LogP contribution in [0.2, 0.25) is 0 Å². The van der Waals surface area contributed by atoms with Gasteiger partial charge in [0, 0.05) is 17.8 Å². The molecule has 2 heteroatoms. The van der Waals surface area contributed by atoms with E-state index in [0.29, 0.717) is 6.04 Å². The summed E-state index contributed by atoms with van der Waals surface area (Å²) in [4.78, 5) is 0. The van der Waals surface area contributed by atoms with Crippen LogP contribution in [0.1, 0.15) is 38.5 Å². The van der Waals surface area contributed by atoms with Gasteiger partial charge < -0.3 is 10.6 Å². The van der Waals surface area contributed by atoms with Crippen LogP contribution in [-0.4, -0.2) is 18.6 Å². The van der Waals surface area contributed by atoms with Gasteiger partial charge in [-0.3, -0.25) is 0 Å². The zero-order chi connectivity index (χ0) is 12.2. The van der Waals surface area contributed by atoms with E-state index in [1.807, 2.05) is 0 Å². The molecule has 2 aliphatic rings. The Hall–Kier alpha value is -1.02. The number of nitrogens with one attached hydrogen (secondary N) is 2. The van der Waals surface area contributed by atoms with Crippen LogP contribution in [0.25, 0.3) is 0 Å². The molecule has 0 bridgehead atoms. The normalized spacial score (nSPS) is 32.3. The van der Waals surface area contributed by atoms with Crippen molar-refractivity contribution in [2.45, 2.75) is 50.6 Å². The molecule has 1 aromatic carbocycles. The summed E-state index contributed by atoms with van der Waals surface area (Å²) < 4.78 is 0. The number of benzene rings is 1. The third-order valence-corrected chi connectivity index (χ3v) is 4.56. The average Bonchev–Trinajstić information content (AvgIpc) is 2.89. The van der Waals surface area contributed by atoms with Gasteiger partial charge in [0.05, 0.1) is 0 Å². The molecule has 18 heavy (non-hydrogen) atoms. The molecule has 98 valence electrons. The maximum Gasteiger partial charge on any atom is 0.0342 e. The Bertz CT molecular complexity index is 357. The smallest absolute Gasteiger partial charge is 0.0342 e. The van der Waals surface area contributed by atoms with E-state index in [4.69, 9.17) is 0 Å². The topological polar surface area (TPSA) is 24.1 Å². The number of piperidine rings is 1. The number of hydrogen-bond donors (Lipinski definition) is 2. The number of hydrogen-bond acceptors (Lipinski definition) is 2. The van der Waals surface area contributed by atoms with Crippen LogP contribution in [-0.2, 0) is 0 Å². The van der Waals surface area contributed by atoms with Gasteiger partial charge in [-0.05, 0) is 50.3 Å². The third kappa shape index (κ3) is 2.69. The lowest BCUT2D eigenvalue weighted by Crippen LogP contribution is -2.44. The molecule has 2 N–H and O–H groups in total. The third-order valence-electron chi connectivity index (χ3n) is 4.56. The molecular formula is C16H24N2. The number of anilines is 1. The molecule has 1 aromatic rings. The van der Waals surface area contributed by atoms with Crippen molar-refractivity contribution in [3.05, 3.63) is 30.3 Å². The lowest BCUT2D eigenvalue weighted by atomic mass is 9.88. The average molecular weight is 244 g/mol. The molecule has 0 aromatic heterocycles. The van der Waals surface area contributed by atoms with Crippen molar-refractivity contribution in [2.75, 3.05) is 11.9 Å². The van der Waals surface area contributed by atoms with Crippen molar-refractivity contribution in [1.82, 2.24) is 5.32 Å². The highest BCUT2D eigenvalue weighted by molar-refractivity contribution is 5.43.